The molecule has 2 heterocycles. The van der Waals surface area contributed by atoms with Crippen LogP contribution in [-0.2, 0) is 0 Å². The monoisotopic (exact) mass is 251 g/mol. The van der Waals surface area contributed by atoms with E-state index in [1.807, 2.05) is 0 Å². The van der Waals surface area contributed by atoms with E-state index in [-0.39, 0.29) is 0 Å². The SMILES string of the molecule is O=c1o[nH]oc(=O)c2c(F)c(F)c1c(F)c2F. The van der Waals surface area contributed by atoms with E-state index in [1.54, 1.807) is 0 Å². The fraction of sp³-hybridized carbons (Fsp3) is 0. The Balaban J connectivity index is 3.39. The maximum absolute atomic E-state index is 13.2. The van der Waals surface area contributed by atoms with Crippen LogP contribution in [0.1, 0.15) is 0 Å². The average molecular weight is 251 g/mol. The van der Waals surface area contributed by atoms with Gasteiger partial charge in [-0.3, -0.25) is 0 Å². The van der Waals surface area contributed by atoms with Crippen molar-refractivity contribution in [2.24, 2.45) is 0 Å². The van der Waals surface area contributed by atoms with E-state index in [2.05, 4.69) is 9.05 Å². The Bertz CT molecular complexity index is 649. The quantitative estimate of drug-likeness (QED) is 0.563. The number of aromatic amines is 1. The largest absolute Gasteiger partial charge is 0.372 e. The zero-order valence-electron chi connectivity index (χ0n) is 7.64. The Morgan fingerprint density at radius 1 is 0.706 bits per heavy atom. The predicted octanol–water partition coefficient (Wildman–Crippen LogP) is 1.19. The number of nitrogens with one attached hydrogen (secondary N) is 1. The second-order valence-corrected chi connectivity index (χ2v) is 2.87. The highest BCUT2D eigenvalue weighted by Gasteiger charge is 2.25. The summed E-state index contributed by atoms with van der Waals surface area (Å²) in [4.78, 5) is 22.0. The summed E-state index contributed by atoms with van der Waals surface area (Å²) in [6.07, 6.45) is 0. The molecule has 9 heteroatoms. The van der Waals surface area contributed by atoms with Crippen molar-refractivity contribution in [1.29, 1.82) is 0 Å². The summed E-state index contributed by atoms with van der Waals surface area (Å²) in [5, 5.41) is -1.96. The van der Waals surface area contributed by atoms with Gasteiger partial charge in [0.2, 0.25) is 0 Å². The maximum atomic E-state index is 13.2. The molecule has 0 unspecified atom stereocenters. The molecule has 3 aromatic rings. The summed E-state index contributed by atoms with van der Waals surface area (Å²) in [6.45, 7) is 0. The molecular weight excluding hydrogens is 250 g/mol. The topological polar surface area (TPSA) is 76.2 Å². The van der Waals surface area contributed by atoms with Crippen molar-refractivity contribution in [2.45, 2.75) is 0 Å². The van der Waals surface area contributed by atoms with E-state index in [0.29, 0.717) is 0 Å². The van der Waals surface area contributed by atoms with Gasteiger partial charge in [0.15, 0.2) is 23.3 Å². The molecule has 1 aromatic carbocycles. The zero-order valence-corrected chi connectivity index (χ0v) is 7.64. The lowest BCUT2D eigenvalue weighted by Crippen LogP contribution is -2.09. The summed E-state index contributed by atoms with van der Waals surface area (Å²) in [5.74, 6) is -8.15. The summed E-state index contributed by atoms with van der Waals surface area (Å²) < 4.78 is 60.5. The number of hydrogen-bond acceptors (Lipinski definition) is 4. The van der Waals surface area contributed by atoms with Gasteiger partial charge in [0.05, 0.1) is 0 Å². The molecule has 0 spiro atoms. The number of rotatable bonds is 0. The van der Waals surface area contributed by atoms with E-state index in [1.165, 1.54) is 5.33 Å². The van der Waals surface area contributed by atoms with Crippen molar-refractivity contribution < 1.29 is 26.6 Å². The van der Waals surface area contributed by atoms with E-state index in [0.717, 1.165) is 0 Å². The van der Waals surface area contributed by atoms with Gasteiger partial charge in [-0.15, -0.1) is 0 Å². The number of fused-ring (bicyclic) bond motifs is 6. The van der Waals surface area contributed by atoms with Gasteiger partial charge >= 0.3 is 11.3 Å². The van der Waals surface area contributed by atoms with Crippen LogP contribution in [-0.4, -0.2) is 5.33 Å². The molecule has 0 amide bonds. The fourth-order valence-corrected chi connectivity index (χ4v) is 1.19. The molecule has 17 heavy (non-hydrogen) atoms. The number of halogens is 4. The average Bonchev–Trinajstić information content (AvgIpc) is 2.32. The van der Waals surface area contributed by atoms with Crippen LogP contribution in [0.2, 0.25) is 0 Å². The van der Waals surface area contributed by atoms with Crippen molar-refractivity contribution >= 4 is 10.8 Å². The third-order valence-electron chi connectivity index (χ3n) is 1.94. The molecule has 2 bridgehead atoms. The third-order valence-corrected chi connectivity index (χ3v) is 1.94. The zero-order chi connectivity index (χ0) is 12.7. The van der Waals surface area contributed by atoms with E-state index in [4.69, 9.17) is 0 Å². The molecule has 0 saturated carbocycles. The van der Waals surface area contributed by atoms with Gasteiger partial charge in [-0.25, -0.2) is 27.2 Å². The van der Waals surface area contributed by atoms with Crippen LogP contribution in [0.5, 0.6) is 0 Å². The highest BCUT2D eigenvalue weighted by molar-refractivity contribution is 5.65. The second kappa shape index (κ2) is 3.61. The number of hydrogen-bond donors (Lipinski definition) is 1. The smallest absolute Gasteiger partial charge is 0.308 e. The first-order chi connectivity index (χ1) is 7.95. The molecule has 3 rings (SSSR count). The summed E-state index contributed by atoms with van der Waals surface area (Å²) >= 11 is 0. The van der Waals surface area contributed by atoms with Crippen LogP contribution in [0.4, 0.5) is 17.6 Å². The van der Waals surface area contributed by atoms with Gasteiger partial charge < -0.3 is 9.05 Å². The second-order valence-electron chi connectivity index (χ2n) is 2.87. The fourth-order valence-electron chi connectivity index (χ4n) is 1.19. The molecule has 5 nitrogen and oxygen atoms in total. The van der Waals surface area contributed by atoms with Gasteiger partial charge in [-0.1, -0.05) is 5.33 Å². The van der Waals surface area contributed by atoms with E-state index in [9.17, 15) is 27.2 Å². The van der Waals surface area contributed by atoms with Crippen LogP contribution >= 0.6 is 0 Å². The van der Waals surface area contributed by atoms with Gasteiger partial charge in [0, 0.05) is 0 Å². The molecule has 0 aliphatic rings. The first kappa shape index (κ1) is 11.2. The summed E-state index contributed by atoms with van der Waals surface area (Å²) in [7, 11) is 0. The molecule has 0 aliphatic carbocycles. The van der Waals surface area contributed by atoms with Crippen LogP contribution in [0.15, 0.2) is 18.6 Å². The third kappa shape index (κ3) is 1.47. The minimum absolute atomic E-state index is 1.25. The van der Waals surface area contributed by atoms with Crippen LogP contribution in [0, 0.1) is 23.3 Å². The van der Waals surface area contributed by atoms with E-state index < -0.39 is 45.3 Å². The first-order valence-corrected chi connectivity index (χ1v) is 3.98. The molecule has 90 valence electrons. The highest BCUT2D eigenvalue weighted by atomic mass is 19.2. The van der Waals surface area contributed by atoms with Crippen molar-refractivity contribution in [1.82, 2.24) is 5.33 Å². The number of H-pyrrole nitrogens is 1. The lowest BCUT2D eigenvalue weighted by atomic mass is 10.2. The normalized spacial score (nSPS) is 10.8. The molecular formula is C8HF4NO4. The van der Waals surface area contributed by atoms with Crippen molar-refractivity contribution in [3.63, 3.8) is 0 Å². The molecule has 2 aromatic heterocycles. The highest BCUT2D eigenvalue weighted by Crippen LogP contribution is 2.21. The minimum Gasteiger partial charge on any atom is -0.308 e. The van der Waals surface area contributed by atoms with Gasteiger partial charge in [0.1, 0.15) is 10.8 Å². The van der Waals surface area contributed by atoms with Crippen molar-refractivity contribution in [3.05, 3.63) is 44.1 Å². The standard InChI is InChI=1S/C8HF4NO4/c9-3-1-4(10)6(12)2(5(3)11)8(15)17-13-16-7(1)14/h13H. The minimum atomic E-state index is -2.04. The van der Waals surface area contributed by atoms with Gasteiger partial charge in [-0.05, 0) is 0 Å². The van der Waals surface area contributed by atoms with Crippen LogP contribution in [0.3, 0.4) is 0 Å². The molecule has 0 aliphatic heterocycles. The molecule has 0 saturated heterocycles. The summed E-state index contributed by atoms with van der Waals surface area (Å²) in [5.41, 5.74) is -3.56. The predicted molar refractivity (Wildman–Crippen MR) is 44.0 cm³/mol. The van der Waals surface area contributed by atoms with E-state index >= 15 is 0 Å². The Kier molecular flexibility index (Phi) is 2.37. The summed E-state index contributed by atoms with van der Waals surface area (Å²) in [6, 6.07) is 0. The Labute approximate surface area is 87.8 Å². The Morgan fingerprint density at radius 2 is 1.00 bits per heavy atom. The van der Waals surface area contributed by atoms with Crippen LogP contribution < -0.4 is 11.3 Å². The molecule has 0 radical (unpaired) electrons. The van der Waals surface area contributed by atoms with Crippen molar-refractivity contribution in [3.8, 4) is 0 Å². The van der Waals surface area contributed by atoms with Crippen molar-refractivity contribution in [2.75, 3.05) is 0 Å². The Hall–Kier alpha value is -2.32. The first-order valence-electron chi connectivity index (χ1n) is 3.98. The number of aromatic nitrogens is 1. The van der Waals surface area contributed by atoms with Gasteiger partial charge in [0.25, 0.3) is 0 Å². The van der Waals surface area contributed by atoms with Crippen LogP contribution in [0.25, 0.3) is 10.8 Å². The van der Waals surface area contributed by atoms with Gasteiger partial charge in [-0.2, -0.15) is 0 Å². The number of benzene rings is 1. The molecule has 1 N–H and O–H groups in total. The lowest BCUT2D eigenvalue weighted by molar-refractivity contribution is 0.170. The lowest BCUT2D eigenvalue weighted by Gasteiger charge is -1.98. The molecule has 0 fully saturated rings. The maximum Gasteiger partial charge on any atom is 0.372 e. The Morgan fingerprint density at radius 3 is 1.29 bits per heavy atom. The molecule has 0 atom stereocenters.